The number of rotatable bonds is 3. The first-order valence-electron chi connectivity index (χ1n) is 2.99. The SMILES string of the molecule is CCC/C=C\C=N/C. The summed E-state index contributed by atoms with van der Waals surface area (Å²) in [6, 6.07) is 0. The van der Waals surface area contributed by atoms with Crippen LogP contribution in [0.4, 0.5) is 0 Å². The molecule has 0 aliphatic rings. The highest BCUT2D eigenvalue weighted by atomic mass is 14.6. The molecule has 0 unspecified atom stereocenters. The summed E-state index contributed by atoms with van der Waals surface area (Å²) in [5.74, 6) is 0. The molecule has 0 saturated carbocycles. The molecule has 0 rings (SSSR count). The van der Waals surface area contributed by atoms with Gasteiger partial charge in [-0.25, -0.2) is 0 Å². The maximum atomic E-state index is 3.80. The molecule has 0 bridgehead atoms. The molecule has 46 valence electrons. The molecule has 0 radical (unpaired) electrons. The Balaban J connectivity index is 3.07. The molecule has 0 aliphatic carbocycles. The van der Waals surface area contributed by atoms with E-state index in [2.05, 4.69) is 18.0 Å². The number of hydrogen-bond donors (Lipinski definition) is 0. The summed E-state index contributed by atoms with van der Waals surface area (Å²) in [6.45, 7) is 2.16. The van der Waals surface area contributed by atoms with Crippen molar-refractivity contribution in [2.75, 3.05) is 7.05 Å². The summed E-state index contributed by atoms with van der Waals surface area (Å²) in [6.07, 6.45) is 8.27. The van der Waals surface area contributed by atoms with Gasteiger partial charge in [-0.05, 0) is 12.5 Å². The molecule has 0 saturated heterocycles. The summed E-state index contributed by atoms with van der Waals surface area (Å²) in [5.41, 5.74) is 0. The van der Waals surface area contributed by atoms with Crippen LogP contribution in [-0.4, -0.2) is 13.3 Å². The van der Waals surface area contributed by atoms with Crippen LogP contribution >= 0.6 is 0 Å². The van der Waals surface area contributed by atoms with E-state index in [0.717, 1.165) is 6.42 Å². The molecular formula is C7H13N. The van der Waals surface area contributed by atoms with Crippen molar-refractivity contribution in [3.8, 4) is 0 Å². The fourth-order valence-corrected chi connectivity index (χ4v) is 0.410. The molecular weight excluding hydrogens is 98.1 g/mol. The Hall–Kier alpha value is -0.590. The lowest BCUT2D eigenvalue weighted by atomic mass is 10.3. The Morgan fingerprint density at radius 3 is 2.75 bits per heavy atom. The minimum atomic E-state index is 1.16. The quantitative estimate of drug-likeness (QED) is 0.494. The van der Waals surface area contributed by atoms with E-state index in [4.69, 9.17) is 0 Å². The topological polar surface area (TPSA) is 12.4 Å². The van der Waals surface area contributed by atoms with E-state index < -0.39 is 0 Å². The number of unbranched alkanes of at least 4 members (excludes halogenated alkanes) is 1. The van der Waals surface area contributed by atoms with Crippen LogP contribution in [0.3, 0.4) is 0 Å². The fourth-order valence-electron chi connectivity index (χ4n) is 0.410. The summed E-state index contributed by atoms with van der Waals surface area (Å²) in [7, 11) is 1.77. The van der Waals surface area contributed by atoms with Gasteiger partial charge in [-0.2, -0.15) is 0 Å². The lowest BCUT2D eigenvalue weighted by Crippen LogP contribution is -1.63. The zero-order chi connectivity index (χ0) is 6.24. The highest BCUT2D eigenvalue weighted by molar-refractivity contribution is 5.70. The Morgan fingerprint density at radius 2 is 2.25 bits per heavy atom. The standard InChI is InChI=1S/C7H13N/c1-3-4-5-6-7-8-2/h5-7H,3-4H2,1-2H3/b6-5-,8-7-. The third kappa shape index (κ3) is 5.41. The van der Waals surface area contributed by atoms with Crippen LogP contribution in [-0.2, 0) is 0 Å². The van der Waals surface area contributed by atoms with Crippen LogP contribution in [0.25, 0.3) is 0 Å². The van der Waals surface area contributed by atoms with E-state index in [0.29, 0.717) is 0 Å². The van der Waals surface area contributed by atoms with E-state index in [1.807, 2.05) is 6.08 Å². The lowest BCUT2D eigenvalue weighted by molar-refractivity contribution is 0.960. The summed E-state index contributed by atoms with van der Waals surface area (Å²) < 4.78 is 0. The molecule has 0 aromatic rings. The van der Waals surface area contributed by atoms with Crippen LogP contribution in [0, 0.1) is 0 Å². The van der Waals surface area contributed by atoms with Gasteiger partial charge in [0.2, 0.25) is 0 Å². The van der Waals surface area contributed by atoms with Crippen molar-refractivity contribution >= 4 is 6.21 Å². The molecule has 0 heterocycles. The van der Waals surface area contributed by atoms with Crippen molar-refractivity contribution in [1.82, 2.24) is 0 Å². The zero-order valence-electron chi connectivity index (χ0n) is 5.59. The summed E-state index contributed by atoms with van der Waals surface area (Å²) >= 11 is 0. The van der Waals surface area contributed by atoms with Crippen molar-refractivity contribution in [3.05, 3.63) is 12.2 Å². The van der Waals surface area contributed by atoms with Gasteiger partial charge in [0.25, 0.3) is 0 Å². The van der Waals surface area contributed by atoms with E-state index in [1.165, 1.54) is 6.42 Å². The number of hydrogen-bond acceptors (Lipinski definition) is 1. The normalized spacial score (nSPS) is 11.8. The molecule has 1 heteroatoms. The molecule has 0 amide bonds. The summed E-state index contributed by atoms with van der Waals surface area (Å²) in [5, 5.41) is 0. The van der Waals surface area contributed by atoms with Crippen molar-refractivity contribution in [3.63, 3.8) is 0 Å². The molecule has 0 aliphatic heterocycles. The van der Waals surface area contributed by atoms with Gasteiger partial charge in [-0.1, -0.05) is 19.4 Å². The fraction of sp³-hybridized carbons (Fsp3) is 0.571. The number of nitrogens with zero attached hydrogens (tertiary/aromatic N) is 1. The second kappa shape index (κ2) is 6.41. The largest absolute Gasteiger partial charge is 0.297 e. The summed E-state index contributed by atoms with van der Waals surface area (Å²) in [4.78, 5) is 3.80. The van der Waals surface area contributed by atoms with Crippen molar-refractivity contribution in [1.29, 1.82) is 0 Å². The molecule has 0 fully saturated rings. The third-order valence-electron chi connectivity index (χ3n) is 0.827. The molecule has 8 heavy (non-hydrogen) atoms. The van der Waals surface area contributed by atoms with Crippen LogP contribution in [0.2, 0.25) is 0 Å². The Bertz CT molecular complexity index is 82.4. The molecule has 0 atom stereocenters. The van der Waals surface area contributed by atoms with Gasteiger partial charge < -0.3 is 0 Å². The van der Waals surface area contributed by atoms with Gasteiger partial charge in [0.15, 0.2) is 0 Å². The minimum Gasteiger partial charge on any atom is -0.297 e. The average molecular weight is 111 g/mol. The molecule has 1 nitrogen and oxygen atoms in total. The Kier molecular flexibility index (Phi) is 5.94. The maximum Gasteiger partial charge on any atom is 0.0277 e. The third-order valence-corrected chi connectivity index (χ3v) is 0.827. The predicted octanol–water partition coefficient (Wildman–Crippen LogP) is 2.04. The number of allylic oxidation sites excluding steroid dienone is 2. The Labute approximate surface area is 51.1 Å². The van der Waals surface area contributed by atoms with Gasteiger partial charge in [0.1, 0.15) is 0 Å². The van der Waals surface area contributed by atoms with E-state index in [-0.39, 0.29) is 0 Å². The van der Waals surface area contributed by atoms with Gasteiger partial charge in [0, 0.05) is 13.3 Å². The average Bonchev–Trinajstić information content (AvgIpc) is 1.81. The van der Waals surface area contributed by atoms with Crippen LogP contribution in [0.1, 0.15) is 19.8 Å². The molecule has 0 N–H and O–H groups in total. The first-order valence-corrected chi connectivity index (χ1v) is 2.99. The zero-order valence-corrected chi connectivity index (χ0v) is 5.59. The predicted molar refractivity (Wildman–Crippen MR) is 38.5 cm³/mol. The monoisotopic (exact) mass is 111 g/mol. The first-order chi connectivity index (χ1) is 3.91. The van der Waals surface area contributed by atoms with Gasteiger partial charge in [-0.15, -0.1) is 0 Å². The smallest absolute Gasteiger partial charge is 0.0277 e. The van der Waals surface area contributed by atoms with E-state index in [1.54, 1.807) is 13.3 Å². The first kappa shape index (κ1) is 7.41. The van der Waals surface area contributed by atoms with Crippen molar-refractivity contribution < 1.29 is 0 Å². The highest BCUT2D eigenvalue weighted by Gasteiger charge is 1.67. The minimum absolute atomic E-state index is 1.16. The lowest BCUT2D eigenvalue weighted by Gasteiger charge is -1.78. The molecule has 0 aromatic carbocycles. The van der Waals surface area contributed by atoms with Crippen LogP contribution in [0.15, 0.2) is 17.1 Å². The van der Waals surface area contributed by atoms with Crippen molar-refractivity contribution in [2.24, 2.45) is 4.99 Å². The number of aliphatic imine (C=N–C) groups is 1. The van der Waals surface area contributed by atoms with Crippen LogP contribution < -0.4 is 0 Å². The second-order valence-electron chi connectivity index (χ2n) is 1.62. The van der Waals surface area contributed by atoms with Gasteiger partial charge >= 0.3 is 0 Å². The van der Waals surface area contributed by atoms with E-state index in [9.17, 15) is 0 Å². The second-order valence-corrected chi connectivity index (χ2v) is 1.62. The Morgan fingerprint density at radius 1 is 1.50 bits per heavy atom. The van der Waals surface area contributed by atoms with Gasteiger partial charge in [-0.3, -0.25) is 4.99 Å². The van der Waals surface area contributed by atoms with Crippen LogP contribution in [0.5, 0.6) is 0 Å². The van der Waals surface area contributed by atoms with Gasteiger partial charge in [0.05, 0.1) is 0 Å². The van der Waals surface area contributed by atoms with E-state index >= 15 is 0 Å². The van der Waals surface area contributed by atoms with Crippen molar-refractivity contribution in [2.45, 2.75) is 19.8 Å². The highest BCUT2D eigenvalue weighted by Crippen LogP contribution is 1.85. The molecule has 0 spiro atoms. The maximum absolute atomic E-state index is 3.80. The molecule has 0 aromatic heterocycles.